The molecule has 1 aliphatic carbocycles. The molecule has 0 spiro atoms. The van der Waals surface area contributed by atoms with Crippen LogP contribution in [0.3, 0.4) is 0 Å². The van der Waals surface area contributed by atoms with Crippen molar-refractivity contribution in [2.75, 3.05) is 19.7 Å². The van der Waals surface area contributed by atoms with Crippen LogP contribution in [0.1, 0.15) is 50.3 Å². The molecule has 1 aliphatic rings. The first-order valence-electron chi connectivity index (χ1n) is 10.5. The van der Waals surface area contributed by atoms with Crippen LogP contribution in [-0.2, 0) is 13.5 Å². The van der Waals surface area contributed by atoms with Crippen LogP contribution in [0.2, 0.25) is 0 Å². The summed E-state index contributed by atoms with van der Waals surface area (Å²) in [5, 5.41) is 10.8. The third-order valence-corrected chi connectivity index (χ3v) is 4.98. The molecule has 6 nitrogen and oxygen atoms in total. The van der Waals surface area contributed by atoms with Crippen molar-refractivity contribution in [3.63, 3.8) is 0 Å². The number of nitrogens with zero attached hydrogens (tertiary/aromatic N) is 3. The highest BCUT2D eigenvalue weighted by Gasteiger charge is 2.22. The van der Waals surface area contributed by atoms with E-state index in [1.54, 1.807) is 12.1 Å². The van der Waals surface area contributed by atoms with Crippen molar-refractivity contribution in [1.29, 1.82) is 0 Å². The van der Waals surface area contributed by atoms with Crippen molar-refractivity contribution in [2.24, 2.45) is 18.0 Å². The summed E-state index contributed by atoms with van der Waals surface area (Å²) < 4.78 is 21.8. The summed E-state index contributed by atoms with van der Waals surface area (Å²) in [6.45, 7) is 6.12. The first-order valence-corrected chi connectivity index (χ1v) is 10.5. The predicted octanol–water partition coefficient (Wildman–Crippen LogP) is 3.60. The number of rotatable bonds is 10. The predicted molar refractivity (Wildman–Crippen MR) is 114 cm³/mol. The maximum Gasteiger partial charge on any atom is 0.191 e. The minimum absolute atomic E-state index is 0.0712. The summed E-state index contributed by atoms with van der Waals surface area (Å²) >= 11 is 0. The maximum atomic E-state index is 14.4. The zero-order valence-corrected chi connectivity index (χ0v) is 17.6. The van der Waals surface area contributed by atoms with Crippen LogP contribution in [-0.4, -0.2) is 35.4 Å². The SMILES string of the molecule is CCNC(=NCCCc1cnn(C)c1)NC(C)c1ccc(OCC2CC2)c(F)c1. The molecule has 1 saturated carbocycles. The van der Waals surface area contributed by atoms with Crippen LogP contribution in [0.4, 0.5) is 4.39 Å². The third-order valence-electron chi connectivity index (χ3n) is 4.98. The summed E-state index contributed by atoms with van der Waals surface area (Å²) in [5.74, 6) is 1.37. The lowest BCUT2D eigenvalue weighted by Gasteiger charge is -2.19. The summed E-state index contributed by atoms with van der Waals surface area (Å²) in [4.78, 5) is 4.65. The Morgan fingerprint density at radius 2 is 2.24 bits per heavy atom. The Kier molecular flexibility index (Phi) is 7.49. The normalized spacial score (nSPS) is 15.2. The van der Waals surface area contributed by atoms with Gasteiger partial charge in [0.05, 0.1) is 18.8 Å². The van der Waals surface area contributed by atoms with E-state index in [4.69, 9.17) is 4.74 Å². The van der Waals surface area contributed by atoms with E-state index in [1.165, 1.54) is 18.4 Å². The fraction of sp³-hybridized carbons (Fsp3) is 0.545. The number of aryl methyl sites for hydroxylation is 2. The molecule has 0 saturated heterocycles. The molecule has 3 rings (SSSR count). The minimum Gasteiger partial charge on any atom is -0.490 e. The van der Waals surface area contributed by atoms with E-state index in [2.05, 4.69) is 20.7 Å². The van der Waals surface area contributed by atoms with E-state index in [0.29, 0.717) is 24.8 Å². The number of hydrogen-bond donors (Lipinski definition) is 2. The molecule has 1 fully saturated rings. The second-order valence-corrected chi connectivity index (χ2v) is 7.70. The van der Waals surface area contributed by atoms with Gasteiger partial charge < -0.3 is 15.4 Å². The molecule has 1 aromatic carbocycles. The lowest BCUT2D eigenvalue weighted by atomic mass is 10.1. The van der Waals surface area contributed by atoms with Gasteiger partial charge >= 0.3 is 0 Å². The molecule has 1 aromatic heterocycles. The van der Waals surface area contributed by atoms with E-state index in [1.807, 2.05) is 44.0 Å². The Balaban J connectivity index is 1.52. The molecule has 158 valence electrons. The highest BCUT2D eigenvalue weighted by molar-refractivity contribution is 5.80. The summed E-state index contributed by atoms with van der Waals surface area (Å²) in [5.41, 5.74) is 2.08. The van der Waals surface area contributed by atoms with Gasteiger partial charge in [-0.05, 0) is 68.7 Å². The summed E-state index contributed by atoms with van der Waals surface area (Å²) in [6.07, 6.45) is 8.19. The molecule has 2 N–H and O–H groups in total. The van der Waals surface area contributed by atoms with E-state index in [-0.39, 0.29) is 11.9 Å². The van der Waals surface area contributed by atoms with Crippen molar-refractivity contribution in [1.82, 2.24) is 20.4 Å². The number of nitrogens with one attached hydrogen (secondary N) is 2. The lowest BCUT2D eigenvalue weighted by molar-refractivity contribution is 0.285. The monoisotopic (exact) mass is 401 g/mol. The first-order chi connectivity index (χ1) is 14.0. The smallest absolute Gasteiger partial charge is 0.191 e. The summed E-state index contributed by atoms with van der Waals surface area (Å²) in [7, 11) is 1.92. The number of guanidine groups is 1. The fourth-order valence-corrected chi connectivity index (χ4v) is 3.08. The largest absolute Gasteiger partial charge is 0.490 e. The van der Waals surface area contributed by atoms with Gasteiger partial charge in [-0.15, -0.1) is 0 Å². The van der Waals surface area contributed by atoms with Crippen LogP contribution >= 0.6 is 0 Å². The topological polar surface area (TPSA) is 63.5 Å². The van der Waals surface area contributed by atoms with Crippen LogP contribution in [0.15, 0.2) is 35.6 Å². The Morgan fingerprint density at radius 1 is 1.41 bits per heavy atom. The minimum atomic E-state index is -0.310. The highest BCUT2D eigenvalue weighted by Crippen LogP contribution is 2.30. The second kappa shape index (κ2) is 10.3. The third kappa shape index (κ3) is 6.76. The van der Waals surface area contributed by atoms with Gasteiger partial charge in [-0.2, -0.15) is 5.10 Å². The molecule has 0 bridgehead atoms. The van der Waals surface area contributed by atoms with Crippen LogP contribution in [0.25, 0.3) is 0 Å². The van der Waals surface area contributed by atoms with Crippen molar-refractivity contribution >= 4 is 5.96 Å². The van der Waals surface area contributed by atoms with E-state index in [0.717, 1.165) is 30.9 Å². The molecule has 2 aromatic rings. The molecule has 1 atom stereocenters. The van der Waals surface area contributed by atoms with Crippen LogP contribution < -0.4 is 15.4 Å². The van der Waals surface area contributed by atoms with Gasteiger partial charge in [0, 0.05) is 26.3 Å². The van der Waals surface area contributed by atoms with Gasteiger partial charge in [0.2, 0.25) is 0 Å². The summed E-state index contributed by atoms with van der Waals surface area (Å²) in [6, 6.07) is 5.11. The van der Waals surface area contributed by atoms with E-state index < -0.39 is 0 Å². The van der Waals surface area contributed by atoms with Crippen molar-refractivity contribution in [3.05, 3.63) is 47.5 Å². The molecule has 0 radical (unpaired) electrons. The molecule has 1 unspecified atom stereocenters. The molecule has 7 heteroatoms. The van der Waals surface area contributed by atoms with Gasteiger partial charge in [0.1, 0.15) is 0 Å². The lowest BCUT2D eigenvalue weighted by Crippen LogP contribution is -2.38. The van der Waals surface area contributed by atoms with Crippen molar-refractivity contribution in [2.45, 2.75) is 45.6 Å². The van der Waals surface area contributed by atoms with Crippen molar-refractivity contribution < 1.29 is 9.13 Å². The standard InChI is InChI=1S/C22H32FN5O/c1-4-24-22(25-11-5-6-18-13-26-28(3)14-18)27-16(2)19-9-10-21(20(23)12-19)29-15-17-7-8-17/h9-10,12-14,16-17H,4-8,11,15H2,1-3H3,(H2,24,25,27). The zero-order valence-electron chi connectivity index (χ0n) is 17.6. The average molecular weight is 402 g/mol. The molecule has 29 heavy (non-hydrogen) atoms. The van der Waals surface area contributed by atoms with Gasteiger partial charge in [0.15, 0.2) is 17.5 Å². The van der Waals surface area contributed by atoms with Gasteiger partial charge in [-0.3, -0.25) is 9.67 Å². The van der Waals surface area contributed by atoms with Gasteiger partial charge in [0.25, 0.3) is 0 Å². The fourth-order valence-electron chi connectivity index (χ4n) is 3.08. The average Bonchev–Trinajstić information content (AvgIpc) is 3.44. The maximum absolute atomic E-state index is 14.4. The van der Waals surface area contributed by atoms with Crippen molar-refractivity contribution in [3.8, 4) is 5.75 Å². The number of aromatic nitrogens is 2. The molecular weight excluding hydrogens is 369 g/mol. The molecule has 0 amide bonds. The molecule has 0 aliphatic heterocycles. The first kappa shape index (κ1) is 21.1. The number of ether oxygens (including phenoxy) is 1. The highest BCUT2D eigenvalue weighted by atomic mass is 19.1. The van der Waals surface area contributed by atoms with Crippen LogP contribution in [0.5, 0.6) is 5.75 Å². The van der Waals surface area contributed by atoms with Gasteiger partial charge in [-0.25, -0.2) is 4.39 Å². The molecular formula is C22H32FN5O. The van der Waals surface area contributed by atoms with E-state index in [9.17, 15) is 4.39 Å². The number of benzene rings is 1. The number of aliphatic imine (C=N–C) groups is 1. The second-order valence-electron chi connectivity index (χ2n) is 7.70. The van der Waals surface area contributed by atoms with Crippen LogP contribution in [0, 0.1) is 11.7 Å². The molecule has 1 heterocycles. The Morgan fingerprint density at radius 3 is 2.90 bits per heavy atom. The Bertz CT molecular complexity index is 815. The number of hydrogen-bond acceptors (Lipinski definition) is 3. The number of halogens is 1. The Hall–Kier alpha value is -2.57. The Labute approximate surface area is 172 Å². The van der Waals surface area contributed by atoms with Gasteiger partial charge in [-0.1, -0.05) is 6.07 Å². The van der Waals surface area contributed by atoms with E-state index >= 15 is 0 Å². The quantitative estimate of drug-likeness (QED) is 0.363. The zero-order chi connectivity index (χ0) is 20.6.